The van der Waals surface area contributed by atoms with Crippen molar-refractivity contribution in [3.8, 4) is 0 Å². The molecule has 0 atom stereocenters. The van der Waals surface area contributed by atoms with Crippen molar-refractivity contribution in [1.29, 1.82) is 0 Å². The average molecular weight is 433 g/mol. The summed E-state index contributed by atoms with van der Waals surface area (Å²) in [6, 6.07) is 0. The molecule has 0 aromatic rings. The van der Waals surface area contributed by atoms with E-state index in [4.69, 9.17) is 0 Å². The smallest absolute Gasteiger partial charge is 0 e. The minimum atomic E-state index is 0. The van der Waals surface area contributed by atoms with Crippen LogP contribution in [0.3, 0.4) is 0 Å². The fraction of sp³-hybridized carbons (Fsp3) is 0.500. The van der Waals surface area contributed by atoms with E-state index in [2.05, 4.69) is 50.3 Å². The van der Waals surface area contributed by atoms with Crippen LogP contribution in [0.2, 0.25) is 0 Å². The summed E-state index contributed by atoms with van der Waals surface area (Å²) in [5.74, 6) is 0. The van der Waals surface area contributed by atoms with Crippen molar-refractivity contribution in [2.75, 3.05) is 0 Å². The van der Waals surface area contributed by atoms with Crippen LogP contribution in [0.5, 0.6) is 0 Å². The van der Waals surface area contributed by atoms with Crippen LogP contribution < -0.4 is 0 Å². The van der Waals surface area contributed by atoms with Crippen LogP contribution in [0.4, 0.5) is 9.41 Å². The first-order valence-electron chi connectivity index (χ1n) is 6.39. The molecule has 0 heterocycles. The second-order valence-electron chi connectivity index (χ2n) is 4.12. The third-order valence-electron chi connectivity index (χ3n) is 2.57. The minimum absolute atomic E-state index is 0. The van der Waals surface area contributed by atoms with E-state index < -0.39 is 0 Å². The van der Waals surface area contributed by atoms with E-state index in [0.717, 1.165) is 12.8 Å². The van der Waals surface area contributed by atoms with E-state index in [1.165, 1.54) is 36.8 Å². The van der Waals surface area contributed by atoms with Crippen LogP contribution in [0.15, 0.2) is 35.5 Å². The van der Waals surface area contributed by atoms with Gasteiger partial charge in [-0.1, -0.05) is 39.5 Å². The van der Waals surface area contributed by atoms with Crippen molar-refractivity contribution in [1.82, 2.24) is 0 Å². The molecular weight excluding hydrogens is 409 g/mol. The maximum Gasteiger partial charge on any atom is 0 e. The maximum atomic E-state index is 3.26. The van der Waals surface area contributed by atoms with Crippen LogP contribution in [0.1, 0.15) is 52.4 Å². The van der Waals surface area contributed by atoms with E-state index >= 15 is 0 Å². The zero-order chi connectivity index (χ0) is 11.6. The van der Waals surface area contributed by atoms with E-state index in [9.17, 15) is 0 Å². The van der Waals surface area contributed by atoms with Crippen LogP contribution in [-0.4, -0.2) is 0 Å². The first-order chi connectivity index (χ1) is 7.86. The predicted molar refractivity (Wildman–Crippen MR) is 75.8 cm³/mol. The van der Waals surface area contributed by atoms with Crippen LogP contribution in [-0.2, 0) is 25.8 Å². The van der Waals surface area contributed by atoms with Crippen molar-refractivity contribution < 1.29 is 35.3 Å². The van der Waals surface area contributed by atoms with Crippen molar-refractivity contribution in [3.05, 3.63) is 47.6 Å². The zero-order valence-electron chi connectivity index (χ0n) is 11.9. The number of hydrogen-bond acceptors (Lipinski definition) is 0. The summed E-state index contributed by atoms with van der Waals surface area (Å²) in [7, 11) is 0. The molecular formula is C16H24F2Hf-2. The molecule has 2 aliphatic rings. The third-order valence-corrected chi connectivity index (χ3v) is 2.57. The fourth-order valence-corrected chi connectivity index (χ4v) is 1.78. The Labute approximate surface area is 135 Å². The molecule has 19 heavy (non-hydrogen) atoms. The maximum absolute atomic E-state index is 3.26. The summed E-state index contributed by atoms with van der Waals surface area (Å²) in [5, 5.41) is 0. The van der Waals surface area contributed by atoms with Gasteiger partial charge in [0.2, 0.25) is 0 Å². The molecule has 2 aliphatic carbocycles. The quantitative estimate of drug-likeness (QED) is 0.420. The second kappa shape index (κ2) is 15.7. The van der Waals surface area contributed by atoms with Crippen molar-refractivity contribution in [2.24, 2.45) is 0 Å². The summed E-state index contributed by atoms with van der Waals surface area (Å²) < 4.78 is 0. The Bertz CT molecular complexity index is 283. The van der Waals surface area contributed by atoms with Crippen LogP contribution >= 0.6 is 0 Å². The molecule has 0 aromatic heterocycles. The first-order valence-corrected chi connectivity index (χ1v) is 6.39. The standard InChI is InChI=1S/2C8H11.2FH.Hf/c2*1-2-5-8-6-3-4-7-8;;;/h2*3,6H,2,4-5H2,1H3;2*1H;/q2*-1;;;. The summed E-state index contributed by atoms with van der Waals surface area (Å²) >= 11 is 0. The molecule has 0 saturated heterocycles. The molecule has 0 bridgehead atoms. The molecule has 2 rings (SSSR count). The van der Waals surface area contributed by atoms with E-state index in [-0.39, 0.29) is 35.3 Å². The Morgan fingerprint density at radius 3 is 1.42 bits per heavy atom. The fourth-order valence-electron chi connectivity index (χ4n) is 1.78. The topological polar surface area (TPSA) is 0 Å². The summed E-state index contributed by atoms with van der Waals surface area (Å²) in [6.45, 7) is 4.39. The van der Waals surface area contributed by atoms with Crippen LogP contribution in [0.25, 0.3) is 0 Å². The molecule has 0 saturated carbocycles. The van der Waals surface area contributed by atoms with E-state index in [1.807, 2.05) is 0 Å². The zero-order valence-corrected chi connectivity index (χ0v) is 15.5. The molecule has 0 unspecified atom stereocenters. The number of hydrogen-bond donors (Lipinski definition) is 0. The molecule has 0 N–H and O–H groups in total. The number of halogens is 2. The van der Waals surface area contributed by atoms with Gasteiger partial charge in [0.15, 0.2) is 0 Å². The van der Waals surface area contributed by atoms with Gasteiger partial charge in [0, 0.05) is 25.8 Å². The van der Waals surface area contributed by atoms with Gasteiger partial charge in [0.25, 0.3) is 0 Å². The first kappa shape index (κ1) is 23.8. The van der Waals surface area contributed by atoms with Gasteiger partial charge in [-0.05, 0) is 0 Å². The molecule has 0 aromatic carbocycles. The molecule has 0 fully saturated rings. The molecule has 0 aliphatic heterocycles. The van der Waals surface area contributed by atoms with Gasteiger partial charge in [-0.2, -0.15) is 12.2 Å². The SMILES string of the molecule is CCCC1=[C-]CC=C1.CCCC1=[C-]CC=C1.F.F.[Hf]. The van der Waals surface area contributed by atoms with Gasteiger partial charge in [0.05, 0.1) is 0 Å². The van der Waals surface area contributed by atoms with Gasteiger partial charge >= 0.3 is 0 Å². The normalized spacial score (nSPS) is 14.2. The van der Waals surface area contributed by atoms with Crippen molar-refractivity contribution >= 4 is 0 Å². The molecule has 0 spiro atoms. The minimum Gasteiger partial charge on any atom is -0.269 e. The number of rotatable bonds is 4. The summed E-state index contributed by atoms with van der Waals surface area (Å²) in [4.78, 5) is 0. The Hall–Kier alpha value is -0.310. The Balaban J connectivity index is -0.000000233. The Morgan fingerprint density at radius 2 is 1.21 bits per heavy atom. The van der Waals surface area contributed by atoms with Gasteiger partial charge in [-0.25, -0.2) is 23.3 Å². The van der Waals surface area contributed by atoms with Crippen molar-refractivity contribution in [3.63, 3.8) is 0 Å². The van der Waals surface area contributed by atoms with Gasteiger partial charge < -0.3 is 0 Å². The third kappa shape index (κ3) is 11.2. The summed E-state index contributed by atoms with van der Waals surface area (Å²) in [6.07, 6.45) is 22.2. The van der Waals surface area contributed by atoms with E-state index in [1.54, 1.807) is 0 Å². The molecule has 3 heteroatoms. The van der Waals surface area contributed by atoms with Crippen molar-refractivity contribution in [2.45, 2.75) is 52.4 Å². The van der Waals surface area contributed by atoms with Gasteiger partial charge in [-0.3, -0.25) is 21.6 Å². The second-order valence-corrected chi connectivity index (χ2v) is 4.12. The molecule has 0 amide bonds. The Morgan fingerprint density at radius 1 is 0.842 bits per heavy atom. The number of allylic oxidation sites excluding steroid dienone is 8. The van der Waals surface area contributed by atoms with Crippen LogP contribution in [0, 0.1) is 12.2 Å². The van der Waals surface area contributed by atoms with Gasteiger partial charge in [-0.15, -0.1) is 12.8 Å². The predicted octanol–water partition coefficient (Wildman–Crippen LogP) is 5.25. The molecule has 0 radical (unpaired) electrons. The largest absolute Gasteiger partial charge is 0.269 e. The Kier molecular flexibility index (Phi) is 19.7. The monoisotopic (exact) mass is 434 g/mol. The van der Waals surface area contributed by atoms with E-state index in [0.29, 0.717) is 0 Å². The van der Waals surface area contributed by atoms with Gasteiger partial charge in [0.1, 0.15) is 0 Å². The average Bonchev–Trinajstić information content (AvgIpc) is 2.92. The summed E-state index contributed by atoms with van der Waals surface area (Å²) in [5.41, 5.74) is 2.79. The molecule has 108 valence electrons. The molecule has 0 nitrogen and oxygen atoms in total.